The summed E-state index contributed by atoms with van der Waals surface area (Å²) in [5.74, 6) is -0.0897. The molecule has 0 aromatic heterocycles. The smallest absolute Gasteiger partial charge is 0.370 e. The number of aliphatic imine (C=N–C) groups is 1. The highest BCUT2D eigenvalue weighted by atomic mass is 32.2. The van der Waals surface area contributed by atoms with Crippen molar-refractivity contribution in [3.63, 3.8) is 0 Å². The molecule has 8 heteroatoms. The summed E-state index contributed by atoms with van der Waals surface area (Å²) in [5, 5.41) is 6.91. The maximum atomic E-state index is 11.7. The van der Waals surface area contributed by atoms with E-state index in [0.717, 1.165) is 11.8 Å². The van der Waals surface area contributed by atoms with Crippen LogP contribution in [0, 0.1) is 5.41 Å². The normalized spacial score (nSPS) is 11.1. The molecule has 0 aliphatic heterocycles. The summed E-state index contributed by atoms with van der Waals surface area (Å²) in [7, 11) is 0. The molecular formula is C6H11F3N4S. The Hall–Kier alpha value is -0.920. The molecule has 0 aliphatic rings. The highest BCUT2D eigenvalue weighted by Crippen LogP contribution is 2.22. The molecule has 0 amide bonds. The molecule has 0 unspecified atom stereocenters. The number of halogens is 3. The zero-order valence-corrected chi connectivity index (χ0v) is 8.08. The molecule has 0 aliphatic carbocycles. The largest absolute Gasteiger partial charge is 0.389 e. The third-order valence-electron chi connectivity index (χ3n) is 1.07. The Balaban J connectivity index is 3.56. The first kappa shape index (κ1) is 13.1. The van der Waals surface area contributed by atoms with Crippen molar-refractivity contribution < 1.29 is 13.2 Å². The summed E-state index contributed by atoms with van der Waals surface area (Å²) in [6.07, 6.45) is -5.04. The molecule has 4 nitrogen and oxygen atoms in total. The molecule has 0 bridgehead atoms. The fourth-order valence-electron chi connectivity index (χ4n) is 0.591. The second kappa shape index (κ2) is 5.74. The molecule has 0 heterocycles. The van der Waals surface area contributed by atoms with Crippen molar-refractivity contribution in [2.75, 3.05) is 5.75 Å². The van der Waals surface area contributed by atoms with Gasteiger partial charge in [-0.3, -0.25) is 5.41 Å². The highest BCUT2D eigenvalue weighted by Gasteiger charge is 2.25. The number of nitrogens with two attached hydrogens (primary N) is 2. The van der Waals surface area contributed by atoms with E-state index in [1.165, 1.54) is 0 Å². The number of hydrogen-bond acceptors (Lipinski definition) is 2. The Morgan fingerprint density at radius 3 is 2.36 bits per heavy atom. The first-order chi connectivity index (χ1) is 6.31. The lowest BCUT2D eigenvalue weighted by Gasteiger charge is -2.04. The van der Waals surface area contributed by atoms with Gasteiger partial charge in [0.05, 0.1) is 0 Å². The van der Waals surface area contributed by atoms with E-state index in [0.29, 0.717) is 0 Å². The number of thioether (sulfide) groups is 1. The van der Waals surface area contributed by atoms with E-state index >= 15 is 0 Å². The first-order valence-corrected chi connectivity index (χ1v) is 4.67. The number of alkyl halides is 3. The number of amidine groups is 1. The number of rotatable bonds is 3. The molecule has 0 fully saturated rings. The maximum Gasteiger partial charge on any atom is 0.389 e. The van der Waals surface area contributed by atoms with Gasteiger partial charge in [0.25, 0.3) is 0 Å². The van der Waals surface area contributed by atoms with Crippen LogP contribution in [0.1, 0.15) is 12.8 Å². The zero-order chi connectivity index (χ0) is 11.2. The van der Waals surface area contributed by atoms with Crippen LogP contribution >= 0.6 is 11.8 Å². The monoisotopic (exact) mass is 228 g/mol. The predicted octanol–water partition coefficient (Wildman–Crippen LogP) is 1.27. The van der Waals surface area contributed by atoms with E-state index in [-0.39, 0.29) is 23.3 Å². The minimum Gasteiger partial charge on any atom is -0.370 e. The van der Waals surface area contributed by atoms with E-state index in [2.05, 4.69) is 4.99 Å². The molecule has 14 heavy (non-hydrogen) atoms. The molecule has 0 spiro atoms. The topological polar surface area (TPSA) is 88.2 Å². The third-order valence-corrected chi connectivity index (χ3v) is 1.93. The number of nitrogens with zero attached hydrogens (tertiary/aromatic N) is 1. The van der Waals surface area contributed by atoms with Gasteiger partial charge in [-0.1, -0.05) is 11.8 Å². The van der Waals surface area contributed by atoms with E-state index in [4.69, 9.17) is 16.9 Å². The van der Waals surface area contributed by atoms with Gasteiger partial charge in [0, 0.05) is 12.2 Å². The molecule has 5 N–H and O–H groups in total. The number of nitrogens with one attached hydrogen (secondary N) is 1. The lowest BCUT2D eigenvalue weighted by atomic mass is 10.3. The molecule has 0 radical (unpaired) electrons. The van der Waals surface area contributed by atoms with Gasteiger partial charge < -0.3 is 11.5 Å². The van der Waals surface area contributed by atoms with Crippen LogP contribution in [0.5, 0.6) is 0 Å². The zero-order valence-electron chi connectivity index (χ0n) is 7.27. The SMILES string of the molecule is N=C(N=C(N)N)SCCCC(F)(F)F. The van der Waals surface area contributed by atoms with Gasteiger partial charge >= 0.3 is 6.18 Å². The van der Waals surface area contributed by atoms with Crippen LogP contribution in [0.25, 0.3) is 0 Å². The van der Waals surface area contributed by atoms with Crippen LogP contribution in [0.2, 0.25) is 0 Å². The van der Waals surface area contributed by atoms with Crippen LogP contribution in [0.15, 0.2) is 4.99 Å². The van der Waals surface area contributed by atoms with Crippen LogP contribution in [0.3, 0.4) is 0 Å². The second-order valence-corrected chi connectivity index (χ2v) is 3.49. The Bertz CT molecular complexity index is 222. The van der Waals surface area contributed by atoms with Gasteiger partial charge in [-0.25, -0.2) is 0 Å². The Kier molecular flexibility index (Phi) is 5.36. The van der Waals surface area contributed by atoms with Crippen molar-refractivity contribution >= 4 is 22.9 Å². The van der Waals surface area contributed by atoms with Crippen molar-refractivity contribution in [2.45, 2.75) is 19.0 Å². The van der Waals surface area contributed by atoms with Crippen LogP contribution < -0.4 is 11.5 Å². The number of guanidine groups is 1. The maximum absolute atomic E-state index is 11.7. The summed E-state index contributed by atoms with van der Waals surface area (Å²) in [6, 6.07) is 0. The molecule has 0 saturated heterocycles. The fraction of sp³-hybridized carbons (Fsp3) is 0.667. The minimum absolute atomic E-state index is 0.0451. The van der Waals surface area contributed by atoms with Crippen molar-refractivity contribution in [3.05, 3.63) is 0 Å². The van der Waals surface area contributed by atoms with Gasteiger partial charge in [-0.15, -0.1) is 0 Å². The molecule has 0 aromatic carbocycles. The van der Waals surface area contributed by atoms with Gasteiger partial charge in [0.15, 0.2) is 11.1 Å². The predicted molar refractivity (Wildman–Crippen MR) is 51.3 cm³/mol. The van der Waals surface area contributed by atoms with E-state index in [9.17, 15) is 13.2 Å². The van der Waals surface area contributed by atoms with E-state index in [1.54, 1.807) is 0 Å². The Morgan fingerprint density at radius 2 is 1.93 bits per heavy atom. The standard InChI is InChI=1S/C6H11F3N4S/c7-6(8,9)2-1-3-14-5(12)13-4(10)11/h1-3H2,(H5,10,11,12,13). The van der Waals surface area contributed by atoms with E-state index < -0.39 is 12.6 Å². The van der Waals surface area contributed by atoms with Gasteiger partial charge in [0.2, 0.25) is 0 Å². The third kappa shape index (κ3) is 9.17. The quantitative estimate of drug-likeness (QED) is 0.386. The van der Waals surface area contributed by atoms with Gasteiger partial charge in [0.1, 0.15) is 0 Å². The first-order valence-electron chi connectivity index (χ1n) is 3.69. The molecule has 82 valence electrons. The lowest BCUT2D eigenvalue weighted by Crippen LogP contribution is -2.23. The van der Waals surface area contributed by atoms with Crippen LogP contribution in [-0.2, 0) is 0 Å². The van der Waals surface area contributed by atoms with Crippen LogP contribution in [0.4, 0.5) is 13.2 Å². The van der Waals surface area contributed by atoms with E-state index in [1.807, 2.05) is 0 Å². The molecule has 0 aromatic rings. The summed E-state index contributed by atoms with van der Waals surface area (Å²) >= 11 is 0.881. The minimum atomic E-state index is -4.14. The summed E-state index contributed by atoms with van der Waals surface area (Å²) < 4.78 is 35.0. The summed E-state index contributed by atoms with van der Waals surface area (Å²) in [6.45, 7) is 0. The van der Waals surface area contributed by atoms with Gasteiger partial charge in [-0.2, -0.15) is 18.2 Å². The summed E-state index contributed by atoms with van der Waals surface area (Å²) in [5.41, 5.74) is 9.92. The molecular weight excluding hydrogens is 217 g/mol. The average Bonchev–Trinajstić information content (AvgIpc) is 1.95. The molecule has 0 atom stereocenters. The molecule has 0 rings (SSSR count). The Labute approximate surface area is 83.4 Å². The van der Waals surface area contributed by atoms with Crippen molar-refractivity contribution in [1.82, 2.24) is 0 Å². The van der Waals surface area contributed by atoms with Crippen molar-refractivity contribution in [1.29, 1.82) is 5.41 Å². The van der Waals surface area contributed by atoms with Crippen molar-refractivity contribution in [3.8, 4) is 0 Å². The fourth-order valence-corrected chi connectivity index (χ4v) is 1.24. The molecule has 0 saturated carbocycles. The average molecular weight is 228 g/mol. The van der Waals surface area contributed by atoms with Crippen LogP contribution in [-0.4, -0.2) is 23.1 Å². The highest BCUT2D eigenvalue weighted by molar-refractivity contribution is 8.13. The van der Waals surface area contributed by atoms with Gasteiger partial charge in [-0.05, 0) is 6.42 Å². The van der Waals surface area contributed by atoms with Crippen molar-refractivity contribution in [2.24, 2.45) is 16.5 Å². The lowest BCUT2D eigenvalue weighted by molar-refractivity contribution is -0.134. The Morgan fingerprint density at radius 1 is 1.36 bits per heavy atom. The number of hydrogen-bond donors (Lipinski definition) is 3. The second-order valence-electron chi connectivity index (χ2n) is 2.41. The summed E-state index contributed by atoms with van der Waals surface area (Å²) in [4.78, 5) is 3.35.